The third-order valence-corrected chi connectivity index (χ3v) is 3.82. The van der Waals surface area contributed by atoms with Gasteiger partial charge in [-0.2, -0.15) is 0 Å². The van der Waals surface area contributed by atoms with E-state index < -0.39 is 0 Å². The highest BCUT2D eigenvalue weighted by molar-refractivity contribution is 5.73. The number of urea groups is 1. The average Bonchev–Trinajstić information content (AvgIpc) is 2.47. The summed E-state index contributed by atoms with van der Waals surface area (Å²) in [6, 6.07) is 4.64. The predicted molar refractivity (Wildman–Crippen MR) is 88.9 cm³/mol. The van der Waals surface area contributed by atoms with Crippen LogP contribution in [0.4, 0.5) is 10.6 Å². The Hall–Kier alpha value is -1.82. The summed E-state index contributed by atoms with van der Waals surface area (Å²) < 4.78 is 0. The quantitative estimate of drug-likeness (QED) is 0.920. The second-order valence-electron chi connectivity index (χ2n) is 6.37. The first-order valence-corrected chi connectivity index (χ1v) is 7.78. The van der Waals surface area contributed by atoms with Crippen LogP contribution in [0.15, 0.2) is 18.3 Å². The number of piperidine rings is 1. The Labute approximate surface area is 133 Å². The highest BCUT2D eigenvalue weighted by atomic mass is 16.2. The second-order valence-corrected chi connectivity index (χ2v) is 6.37. The van der Waals surface area contributed by atoms with Crippen LogP contribution in [-0.4, -0.2) is 73.0 Å². The zero-order valence-corrected chi connectivity index (χ0v) is 14.0. The highest BCUT2D eigenvalue weighted by Crippen LogP contribution is 2.17. The van der Waals surface area contributed by atoms with Gasteiger partial charge in [0.2, 0.25) is 0 Å². The SMILES string of the molecule is CN(C)Cc1ccnc(NC2CCN(C(=O)N(C)C)CC2)c1. The Balaban J connectivity index is 1.87. The third-order valence-electron chi connectivity index (χ3n) is 3.82. The Morgan fingerprint density at radius 3 is 2.59 bits per heavy atom. The number of amides is 2. The summed E-state index contributed by atoms with van der Waals surface area (Å²) in [5, 5.41) is 3.50. The fourth-order valence-electron chi connectivity index (χ4n) is 2.72. The van der Waals surface area contributed by atoms with E-state index in [1.54, 1.807) is 19.0 Å². The van der Waals surface area contributed by atoms with Crippen molar-refractivity contribution in [2.45, 2.75) is 25.4 Å². The van der Waals surface area contributed by atoms with Crippen LogP contribution >= 0.6 is 0 Å². The molecule has 1 aliphatic rings. The van der Waals surface area contributed by atoms with E-state index in [4.69, 9.17) is 0 Å². The molecular formula is C16H27N5O. The van der Waals surface area contributed by atoms with E-state index in [2.05, 4.69) is 35.4 Å². The molecule has 0 spiro atoms. The average molecular weight is 305 g/mol. The van der Waals surface area contributed by atoms with Crippen LogP contribution in [0.5, 0.6) is 0 Å². The van der Waals surface area contributed by atoms with Crippen molar-refractivity contribution in [2.75, 3.05) is 46.6 Å². The largest absolute Gasteiger partial charge is 0.367 e. The number of hydrogen-bond donors (Lipinski definition) is 1. The normalized spacial score (nSPS) is 16.0. The van der Waals surface area contributed by atoms with Crippen LogP contribution in [0, 0.1) is 0 Å². The molecule has 0 atom stereocenters. The lowest BCUT2D eigenvalue weighted by molar-refractivity contribution is 0.158. The number of pyridine rings is 1. The second kappa shape index (κ2) is 7.45. The topological polar surface area (TPSA) is 51.7 Å². The molecule has 0 bridgehead atoms. The van der Waals surface area contributed by atoms with E-state index in [1.165, 1.54) is 5.56 Å². The van der Waals surface area contributed by atoms with Gasteiger partial charge in [-0.3, -0.25) is 0 Å². The van der Waals surface area contributed by atoms with E-state index in [0.29, 0.717) is 6.04 Å². The minimum atomic E-state index is 0.101. The molecule has 6 heteroatoms. The number of carbonyl (C=O) groups excluding carboxylic acids is 1. The van der Waals surface area contributed by atoms with E-state index in [9.17, 15) is 4.79 Å². The van der Waals surface area contributed by atoms with Gasteiger partial charge in [-0.25, -0.2) is 9.78 Å². The van der Waals surface area contributed by atoms with Gasteiger partial charge >= 0.3 is 6.03 Å². The lowest BCUT2D eigenvalue weighted by atomic mass is 10.1. The van der Waals surface area contributed by atoms with Crippen molar-refractivity contribution >= 4 is 11.8 Å². The first-order chi connectivity index (χ1) is 10.5. The molecule has 0 radical (unpaired) electrons. The van der Waals surface area contributed by atoms with Crippen molar-refractivity contribution < 1.29 is 4.79 Å². The molecule has 122 valence electrons. The van der Waals surface area contributed by atoms with Gasteiger partial charge in [-0.15, -0.1) is 0 Å². The summed E-state index contributed by atoms with van der Waals surface area (Å²) in [6.07, 6.45) is 3.77. The van der Waals surface area contributed by atoms with Crippen LogP contribution in [0.2, 0.25) is 0 Å². The fourth-order valence-corrected chi connectivity index (χ4v) is 2.72. The first kappa shape index (κ1) is 16.5. The van der Waals surface area contributed by atoms with E-state index in [-0.39, 0.29) is 6.03 Å². The smallest absolute Gasteiger partial charge is 0.319 e. The molecule has 0 saturated carbocycles. The fraction of sp³-hybridized carbons (Fsp3) is 0.625. The molecule has 1 aromatic heterocycles. The minimum absolute atomic E-state index is 0.101. The molecular weight excluding hydrogens is 278 g/mol. The number of anilines is 1. The van der Waals surface area contributed by atoms with Crippen LogP contribution in [0.25, 0.3) is 0 Å². The molecule has 2 heterocycles. The van der Waals surface area contributed by atoms with Crippen molar-refractivity contribution in [1.82, 2.24) is 19.7 Å². The number of hydrogen-bond acceptors (Lipinski definition) is 4. The lowest BCUT2D eigenvalue weighted by Crippen LogP contribution is -2.46. The lowest BCUT2D eigenvalue weighted by Gasteiger charge is -2.34. The monoisotopic (exact) mass is 305 g/mol. The van der Waals surface area contributed by atoms with Crippen molar-refractivity contribution in [3.8, 4) is 0 Å². The third kappa shape index (κ3) is 4.59. The maximum Gasteiger partial charge on any atom is 0.319 e. The van der Waals surface area contributed by atoms with Crippen molar-refractivity contribution in [1.29, 1.82) is 0 Å². The Kier molecular flexibility index (Phi) is 5.60. The predicted octanol–water partition coefficient (Wildman–Crippen LogP) is 1.70. The molecule has 1 saturated heterocycles. The van der Waals surface area contributed by atoms with Crippen molar-refractivity contribution in [3.05, 3.63) is 23.9 Å². The van der Waals surface area contributed by atoms with Gasteiger partial charge < -0.3 is 20.0 Å². The molecule has 1 aromatic rings. The maximum absolute atomic E-state index is 11.9. The Bertz CT molecular complexity index is 495. The number of likely N-dealkylation sites (tertiary alicyclic amines) is 1. The highest BCUT2D eigenvalue weighted by Gasteiger charge is 2.23. The molecule has 1 fully saturated rings. The Morgan fingerprint density at radius 1 is 1.32 bits per heavy atom. The van der Waals surface area contributed by atoms with Gasteiger partial charge in [0, 0.05) is 46.0 Å². The van der Waals surface area contributed by atoms with E-state index in [0.717, 1.165) is 38.3 Å². The Morgan fingerprint density at radius 2 is 2.00 bits per heavy atom. The van der Waals surface area contributed by atoms with Crippen LogP contribution in [0.1, 0.15) is 18.4 Å². The van der Waals surface area contributed by atoms with Gasteiger partial charge in [0.25, 0.3) is 0 Å². The summed E-state index contributed by atoms with van der Waals surface area (Å²) in [5.74, 6) is 0.928. The number of aromatic nitrogens is 1. The molecule has 1 N–H and O–H groups in total. The van der Waals surface area contributed by atoms with Gasteiger partial charge in [-0.1, -0.05) is 0 Å². The van der Waals surface area contributed by atoms with Crippen molar-refractivity contribution in [3.63, 3.8) is 0 Å². The number of carbonyl (C=O) groups is 1. The summed E-state index contributed by atoms with van der Waals surface area (Å²) in [6.45, 7) is 2.51. The van der Waals surface area contributed by atoms with Crippen LogP contribution < -0.4 is 5.32 Å². The van der Waals surface area contributed by atoms with E-state index >= 15 is 0 Å². The standard InChI is InChI=1S/C16H27N5O/c1-19(2)12-13-5-8-17-15(11-13)18-14-6-9-21(10-7-14)16(22)20(3)4/h5,8,11,14H,6-7,9-10,12H2,1-4H3,(H,17,18). The van der Waals surface area contributed by atoms with Crippen molar-refractivity contribution in [2.24, 2.45) is 0 Å². The maximum atomic E-state index is 11.9. The summed E-state index contributed by atoms with van der Waals surface area (Å²) >= 11 is 0. The van der Waals surface area contributed by atoms with Crippen LogP contribution in [-0.2, 0) is 6.54 Å². The molecule has 2 rings (SSSR count). The first-order valence-electron chi connectivity index (χ1n) is 7.78. The van der Waals surface area contributed by atoms with Gasteiger partial charge in [-0.05, 0) is 44.6 Å². The van der Waals surface area contributed by atoms with Crippen LogP contribution in [0.3, 0.4) is 0 Å². The summed E-state index contributed by atoms with van der Waals surface area (Å²) in [5.41, 5.74) is 1.25. The zero-order chi connectivity index (χ0) is 16.1. The minimum Gasteiger partial charge on any atom is -0.367 e. The number of nitrogens with one attached hydrogen (secondary N) is 1. The van der Waals surface area contributed by atoms with Gasteiger partial charge in [0.15, 0.2) is 0 Å². The van der Waals surface area contributed by atoms with Gasteiger partial charge in [0.05, 0.1) is 0 Å². The molecule has 0 aromatic carbocycles. The molecule has 22 heavy (non-hydrogen) atoms. The summed E-state index contributed by atoms with van der Waals surface area (Å²) in [7, 11) is 7.72. The molecule has 2 amide bonds. The van der Waals surface area contributed by atoms with Gasteiger partial charge in [0.1, 0.15) is 5.82 Å². The van der Waals surface area contributed by atoms with E-state index in [1.807, 2.05) is 17.2 Å². The summed E-state index contributed by atoms with van der Waals surface area (Å²) in [4.78, 5) is 22.0. The zero-order valence-electron chi connectivity index (χ0n) is 14.0. The molecule has 0 aliphatic carbocycles. The molecule has 0 unspecified atom stereocenters. The molecule has 1 aliphatic heterocycles. The number of rotatable bonds is 4. The number of nitrogens with zero attached hydrogens (tertiary/aromatic N) is 4. The molecule has 6 nitrogen and oxygen atoms in total.